The van der Waals surface area contributed by atoms with E-state index in [1.54, 1.807) is 10.6 Å². The Morgan fingerprint density at radius 1 is 0.548 bits per heavy atom. The zero-order valence-corrected chi connectivity index (χ0v) is 41.9. The maximum absolute atomic E-state index is 12.7. The van der Waals surface area contributed by atoms with Gasteiger partial charge in [0.1, 0.15) is 6.21 Å². The van der Waals surface area contributed by atoms with Gasteiger partial charge in [0.15, 0.2) is 6.29 Å². The lowest BCUT2D eigenvalue weighted by Gasteiger charge is -2.15. The first-order valence-electron chi connectivity index (χ1n) is 19.5. The largest absolute Gasteiger partial charge is 0.478 e. The lowest BCUT2D eigenvalue weighted by molar-refractivity contribution is -0.144. The molecule has 12 N–H and O–H groups in total. The zero-order chi connectivity index (χ0) is 66.9. The lowest BCUT2D eigenvalue weighted by atomic mass is 10.00. The highest BCUT2D eigenvalue weighted by molar-refractivity contribution is 7.79. The Kier molecular flexibility index (Phi) is 25.5. The van der Waals surface area contributed by atoms with Gasteiger partial charge in [0, 0.05) is 17.1 Å². The van der Waals surface area contributed by atoms with Gasteiger partial charge in [-0.1, -0.05) is 40.0 Å². The van der Waals surface area contributed by atoms with E-state index >= 15 is 0 Å². The Hall–Kier alpha value is -6.99. The van der Waals surface area contributed by atoms with Crippen LogP contribution in [0.25, 0.3) is 0 Å². The molecule has 0 spiro atoms. The highest BCUT2D eigenvalue weighted by atomic mass is 35.6. The van der Waals surface area contributed by atoms with Crippen molar-refractivity contribution in [1.29, 1.82) is 0 Å². The molecular weight excluding hydrogens is 1320 g/mol. The fourth-order valence-electron chi connectivity index (χ4n) is 5.19. The fraction of sp³-hybridized carbons (Fsp3) is 0.256. The van der Waals surface area contributed by atoms with Crippen molar-refractivity contribution >= 4 is 97.7 Å². The van der Waals surface area contributed by atoms with Crippen molar-refractivity contribution in [2.75, 3.05) is 22.1 Å². The van der Waals surface area contributed by atoms with Crippen LogP contribution in [0.2, 0.25) is 0 Å². The van der Waals surface area contributed by atoms with Crippen molar-refractivity contribution in [3.05, 3.63) is 116 Å². The lowest BCUT2D eigenvalue weighted by Crippen LogP contribution is -2.23. The van der Waals surface area contributed by atoms with E-state index in [1.165, 1.54) is 0 Å². The molecule has 5 rings (SSSR count). The number of hydrogen-bond donors (Lipinski definition) is 10. The average Bonchev–Trinajstić information content (AvgIpc) is 3.74. The van der Waals surface area contributed by atoms with Crippen LogP contribution in [0.5, 0.6) is 0 Å². The fourth-order valence-corrected chi connectivity index (χ4v) is 5.19. The molecule has 0 atom stereocenters. The number of hydrogen-bond acceptors (Lipinski definition) is 12. The van der Waals surface area contributed by atoms with E-state index in [0.29, 0.717) is 30.3 Å². The number of carbonyl (C=O) groups excluding carboxylic acids is 3. The molecule has 1 aliphatic rings. The number of aromatic carboxylic acids is 1. The number of carboxylic acids is 1. The minimum Gasteiger partial charge on any atom is -0.478 e. The van der Waals surface area contributed by atoms with E-state index in [4.69, 9.17) is 84.3 Å². The molecule has 4 aromatic rings. The Labute approximate surface area is 462 Å². The van der Waals surface area contributed by atoms with Gasteiger partial charge in [-0.2, -0.15) is 114 Å². The number of oxime groups is 1. The monoisotopic (exact) mass is 1350 g/mol. The van der Waals surface area contributed by atoms with Crippen molar-refractivity contribution in [1.82, 2.24) is 0 Å². The number of fused-ring (bicyclic) bond motifs is 1. The molecule has 0 saturated carbocycles. The van der Waals surface area contributed by atoms with Gasteiger partial charge in [-0.05, 0) is 60.7 Å². The smallest absolute Gasteiger partial charge is 0.417 e. The number of nitrogens with two attached hydrogens (primary N) is 2. The van der Waals surface area contributed by atoms with Crippen LogP contribution in [0.3, 0.4) is 0 Å². The summed E-state index contributed by atoms with van der Waals surface area (Å²) in [7, 11) is -4.67. The number of aliphatic hydroxyl groups excluding tert-OH is 1. The molecule has 45 heteroatoms. The van der Waals surface area contributed by atoms with Gasteiger partial charge >= 0.3 is 65.8 Å². The molecule has 84 heavy (non-hydrogen) atoms. The van der Waals surface area contributed by atoms with Crippen LogP contribution in [0.1, 0.15) is 65.2 Å². The van der Waals surface area contributed by atoms with Crippen LogP contribution in [-0.2, 0) is 69.4 Å². The van der Waals surface area contributed by atoms with Crippen molar-refractivity contribution in [2.24, 2.45) is 5.16 Å². The Bertz CT molecular complexity index is 3080. The first kappa shape index (κ1) is 77.0. The second-order valence-corrected chi connectivity index (χ2v) is 18.0. The maximum Gasteiger partial charge on any atom is 0.417 e. The molecule has 1 aliphatic heterocycles. The number of anilines is 4. The van der Waals surface area contributed by atoms with Crippen LogP contribution in [0, 0.1) is 0 Å². The summed E-state index contributed by atoms with van der Waals surface area (Å²) in [5.41, 5.74) is -8.65. The maximum atomic E-state index is 12.7. The van der Waals surface area contributed by atoms with Gasteiger partial charge in [-0.3, -0.25) is 23.5 Å². The highest BCUT2D eigenvalue weighted by Crippen LogP contribution is 2.44. The summed E-state index contributed by atoms with van der Waals surface area (Å²) >= 11 is 14.7. The van der Waals surface area contributed by atoms with E-state index in [1.807, 2.05) is 0 Å². The number of ketones is 1. The van der Waals surface area contributed by atoms with E-state index < -0.39 is 172 Å². The Morgan fingerprint density at radius 3 is 1.15 bits per heavy atom. The number of nitrogens with one attached hydrogen (secondary N) is 2. The standard InChI is InChI=1S/C10H6F6N2O2.C10H3F6NO2.C9H5F6NO2.C8H5F6N.C2H3Cl3O2.H2O4S/c11-9(12,13)5-1-6(10(14,15)16)3-7(2-5)18-8(19)4-17-20;11-9(12,13)3-1-4(10(14,15)16)6-5(2-3)17-8(19)7(6)18;10-8(11,12)3-1-4(9(13,14)15)6(7(17)18)5(16)2-3;9-7(10,11)4-1-5(8(12,13)14)3-6(15)2-4;3-2(4,5)1(6)7;1-5(2,3)4/h1-4,20H,(H,18,19);1-2H,(H,17,18,19);1-2H,16H2,(H,17,18);1-3H,15H2;1,6-7H;(H2,1,2,3,4)/b17-4+;;;;;. The zero-order valence-electron chi connectivity index (χ0n) is 38.8. The number of nitrogens with zero attached hydrogens (tertiary/aromatic N) is 1. The molecule has 4 aromatic carbocycles. The molecule has 1 heterocycles. The van der Waals surface area contributed by atoms with Crippen LogP contribution < -0.4 is 22.1 Å². The predicted octanol–water partition coefficient (Wildman–Crippen LogP) is 12.3. The third-order valence-corrected chi connectivity index (χ3v) is 8.99. The molecule has 0 radical (unpaired) electrons. The summed E-state index contributed by atoms with van der Waals surface area (Å²) in [6, 6.07) is 1.51. The van der Waals surface area contributed by atoms with Gasteiger partial charge in [0.2, 0.25) is 3.79 Å². The second-order valence-electron chi connectivity index (χ2n) is 14.7. The van der Waals surface area contributed by atoms with Crippen LogP contribution >= 0.6 is 34.8 Å². The van der Waals surface area contributed by atoms with Crippen LogP contribution in [-0.4, -0.2) is 77.9 Å². The van der Waals surface area contributed by atoms with Gasteiger partial charge in [0.05, 0.1) is 61.3 Å². The number of alkyl halides is 27. The Balaban J connectivity index is 0.00000103. The summed E-state index contributed by atoms with van der Waals surface area (Å²) in [6.07, 6.45) is -41.8. The highest BCUT2D eigenvalue weighted by Gasteiger charge is 2.46. The third kappa shape index (κ3) is 25.9. The minimum absolute atomic E-state index is 0.0242. The SMILES string of the molecule is Nc1cc(C(F)(F)F)cc(C(F)(F)F)c1.Nc1cc(C(F)(F)F)cc(C(F)(F)F)c1C(=O)O.O=C(/C=N/O)Nc1cc(C(F)(F)F)cc(C(F)(F)F)c1.O=C1Nc2cc(C(F)(F)F)cc(C(F)(F)F)c2C1=O.O=S(=O)(O)O.OC(O)C(Cl)(Cl)Cl. The number of rotatable bonds is 3. The predicted molar refractivity (Wildman–Crippen MR) is 236 cm³/mol. The van der Waals surface area contributed by atoms with E-state index in [-0.39, 0.29) is 36.5 Å². The number of carbonyl (C=O) groups is 4. The summed E-state index contributed by atoms with van der Waals surface area (Å²) in [5, 5.41) is 38.4. The van der Waals surface area contributed by atoms with Gasteiger partial charge in [-0.25, -0.2) is 4.79 Å². The number of Topliss-reactive ketones (excluding diaryl/α,β-unsaturated/α-hetero) is 1. The molecule has 0 bridgehead atoms. The number of nitrogen functional groups attached to an aromatic ring is 2. The Morgan fingerprint density at radius 2 is 0.857 bits per heavy atom. The summed E-state index contributed by atoms with van der Waals surface area (Å²) in [4.78, 5) is 43.7. The van der Waals surface area contributed by atoms with Crippen molar-refractivity contribution in [3.63, 3.8) is 0 Å². The first-order valence-corrected chi connectivity index (χ1v) is 22.0. The molecule has 2 amide bonds. The molecule has 0 saturated heterocycles. The molecule has 0 unspecified atom stereocenters. The summed E-state index contributed by atoms with van der Waals surface area (Å²) in [5.74, 6) is -6.12. The quantitative estimate of drug-likeness (QED) is 0.0105. The summed E-state index contributed by atoms with van der Waals surface area (Å²) < 4.78 is 327. The van der Waals surface area contributed by atoms with Gasteiger partial charge in [-0.15, -0.1) is 0 Å². The second kappa shape index (κ2) is 27.8. The minimum atomic E-state index is -5.25. The number of amides is 2. The van der Waals surface area contributed by atoms with Crippen molar-refractivity contribution in [3.8, 4) is 0 Å². The van der Waals surface area contributed by atoms with Crippen LogP contribution in [0.15, 0.2) is 65.8 Å². The molecule has 0 aromatic heterocycles. The van der Waals surface area contributed by atoms with E-state index in [9.17, 15) is 125 Å². The number of benzene rings is 4. The molecule has 472 valence electrons. The first-order chi connectivity index (χ1) is 37.0. The van der Waals surface area contributed by atoms with Gasteiger partial charge in [0.25, 0.3) is 17.6 Å². The molecule has 0 fully saturated rings. The topological polar surface area (TPSA) is 312 Å². The third-order valence-electron chi connectivity index (χ3n) is 8.40. The number of aliphatic hydroxyl groups is 2. The van der Waals surface area contributed by atoms with Crippen molar-refractivity contribution < 1.29 is 163 Å². The van der Waals surface area contributed by atoms with E-state index in [2.05, 4.69) is 5.16 Å². The number of halogens is 27. The van der Waals surface area contributed by atoms with Gasteiger partial charge < -0.3 is 42.6 Å². The normalized spacial score (nSPS) is 13.3. The van der Waals surface area contributed by atoms with Crippen molar-refractivity contribution in [2.45, 2.75) is 59.5 Å². The summed E-state index contributed by atoms with van der Waals surface area (Å²) in [6.45, 7) is 0. The number of carboxylic acid groups (broad SMARTS) is 1. The van der Waals surface area contributed by atoms with E-state index in [0.717, 1.165) is 0 Å². The molecule has 17 nitrogen and oxygen atoms in total. The molecular formula is C39H24Cl3F24N5O12S. The van der Waals surface area contributed by atoms with Crippen LogP contribution in [0.4, 0.5) is 128 Å². The average molecular weight is 1350 g/mol. The molecule has 0 aliphatic carbocycles.